The molecule has 0 aromatic heterocycles. The number of hydrogen-bond acceptors (Lipinski definition) is 2. The van der Waals surface area contributed by atoms with Gasteiger partial charge in [0.1, 0.15) is 5.75 Å². The lowest BCUT2D eigenvalue weighted by Gasteiger charge is -2.22. The summed E-state index contributed by atoms with van der Waals surface area (Å²) in [6, 6.07) is 5.73. The molecule has 2 N–H and O–H groups in total. The summed E-state index contributed by atoms with van der Waals surface area (Å²) in [7, 11) is 0. The monoisotopic (exact) mass is 253 g/mol. The van der Waals surface area contributed by atoms with Crippen LogP contribution in [0.4, 0.5) is 0 Å². The molecule has 1 aliphatic carbocycles. The molecule has 1 aromatic rings. The normalized spacial score (nSPS) is 17.1. The predicted octanol–water partition coefficient (Wildman–Crippen LogP) is 3.76. The van der Waals surface area contributed by atoms with Gasteiger partial charge >= 0.3 is 0 Å². The molecule has 3 heteroatoms. The molecule has 0 aliphatic heterocycles. The molecular weight excluding hydrogens is 234 g/mol. The standard InChI is InChI=1S/C14H20ClNO/c15-13-7-4-8-14(12(13)9-16)17-10-11-5-2-1-3-6-11/h4,7-8,11H,1-3,5-6,9-10,16H2. The number of ether oxygens (including phenoxy) is 1. The van der Waals surface area contributed by atoms with E-state index in [-0.39, 0.29) is 0 Å². The van der Waals surface area contributed by atoms with Crippen LogP contribution >= 0.6 is 11.6 Å². The van der Waals surface area contributed by atoms with E-state index >= 15 is 0 Å². The number of rotatable bonds is 4. The Morgan fingerprint density at radius 2 is 2.00 bits per heavy atom. The van der Waals surface area contributed by atoms with E-state index in [9.17, 15) is 0 Å². The summed E-state index contributed by atoms with van der Waals surface area (Å²) in [6.07, 6.45) is 6.64. The Morgan fingerprint density at radius 3 is 2.71 bits per heavy atom. The largest absolute Gasteiger partial charge is 0.493 e. The SMILES string of the molecule is NCc1c(Cl)cccc1OCC1CCCCC1. The van der Waals surface area contributed by atoms with Crippen molar-refractivity contribution < 1.29 is 4.74 Å². The van der Waals surface area contributed by atoms with E-state index in [0.29, 0.717) is 17.5 Å². The first-order chi connectivity index (χ1) is 8.31. The lowest BCUT2D eigenvalue weighted by Crippen LogP contribution is -2.16. The van der Waals surface area contributed by atoms with Crippen molar-refractivity contribution in [2.45, 2.75) is 38.6 Å². The average Bonchev–Trinajstić information content (AvgIpc) is 2.37. The van der Waals surface area contributed by atoms with Crippen LogP contribution in [-0.2, 0) is 6.54 Å². The number of nitrogens with two attached hydrogens (primary N) is 1. The molecule has 0 unspecified atom stereocenters. The second-order valence-electron chi connectivity index (χ2n) is 4.74. The van der Waals surface area contributed by atoms with Crippen LogP contribution in [-0.4, -0.2) is 6.61 Å². The Balaban J connectivity index is 1.95. The molecule has 17 heavy (non-hydrogen) atoms. The predicted molar refractivity (Wildman–Crippen MR) is 71.4 cm³/mol. The summed E-state index contributed by atoms with van der Waals surface area (Å²) in [4.78, 5) is 0. The zero-order valence-corrected chi connectivity index (χ0v) is 10.9. The van der Waals surface area contributed by atoms with Crippen LogP contribution in [0, 0.1) is 5.92 Å². The van der Waals surface area contributed by atoms with E-state index in [4.69, 9.17) is 22.1 Å². The highest BCUT2D eigenvalue weighted by Gasteiger charge is 2.15. The average molecular weight is 254 g/mol. The van der Waals surface area contributed by atoms with Gasteiger partial charge in [-0.15, -0.1) is 0 Å². The summed E-state index contributed by atoms with van der Waals surface area (Å²) >= 11 is 6.09. The first-order valence-electron chi connectivity index (χ1n) is 6.41. The quantitative estimate of drug-likeness (QED) is 0.887. The topological polar surface area (TPSA) is 35.2 Å². The fraction of sp³-hybridized carbons (Fsp3) is 0.571. The van der Waals surface area contributed by atoms with Crippen molar-refractivity contribution in [3.63, 3.8) is 0 Å². The van der Waals surface area contributed by atoms with Crippen LogP contribution < -0.4 is 10.5 Å². The maximum atomic E-state index is 6.09. The minimum Gasteiger partial charge on any atom is -0.493 e. The van der Waals surface area contributed by atoms with Gasteiger partial charge in [0.2, 0.25) is 0 Å². The van der Waals surface area contributed by atoms with Crippen LogP contribution in [0.3, 0.4) is 0 Å². The van der Waals surface area contributed by atoms with Crippen LogP contribution in [0.5, 0.6) is 5.75 Å². The lowest BCUT2D eigenvalue weighted by atomic mass is 9.90. The summed E-state index contributed by atoms with van der Waals surface area (Å²) in [5, 5.41) is 0.702. The van der Waals surface area contributed by atoms with Crippen LogP contribution in [0.2, 0.25) is 5.02 Å². The number of benzene rings is 1. The van der Waals surface area contributed by atoms with E-state index in [1.54, 1.807) is 0 Å². The summed E-state index contributed by atoms with van der Waals surface area (Å²) in [5.74, 6) is 1.55. The third kappa shape index (κ3) is 3.36. The smallest absolute Gasteiger partial charge is 0.125 e. The minimum atomic E-state index is 0.430. The molecule has 1 saturated carbocycles. The second kappa shape index (κ2) is 6.27. The minimum absolute atomic E-state index is 0.430. The molecule has 0 radical (unpaired) electrons. The van der Waals surface area contributed by atoms with Crippen molar-refractivity contribution in [3.05, 3.63) is 28.8 Å². The fourth-order valence-corrected chi connectivity index (χ4v) is 2.68. The zero-order valence-electron chi connectivity index (χ0n) is 10.1. The highest BCUT2D eigenvalue weighted by atomic mass is 35.5. The molecule has 1 aromatic carbocycles. The molecule has 94 valence electrons. The van der Waals surface area contributed by atoms with Crippen LogP contribution in [0.25, 0.3) is 0 Å². The van der Waals surface area contributed by atoms with E-state index in [1.807, 2.05) is 18.2 Å². The first kappa shape index (κ1) is 12.7. The van der Waals surface area contributed by atoms with Crippen LogP contribution in [0.1, 0.15) is 37.7 Å². The van der Waals surface area contributed by atoms with E-state index in [2.05, 4.69) is 0 Å². The summed E-state index contributed by atoms with van der Waals surface area (Å²) in [6.45, 7) is 1.23. The third-order valence-electron chi connectivity index (χ3n) is 3.48. The molecule has 0 saturated heterocycles. The third-order valence-corrected chi connectivity index (χ3v) is 3.83. The molecule has 1 fully saturated rings. The molecule has 0 amide bonds. The molecule has 0 spiro atoms. The van der Waals surface area contributed by atoms with Gasteiger partial charge in [-0.05, 0) is 30.9 Å². The Labute approximate surface area is 108 Å². The first-order valence-corrected chi connectivity index (χ1v) is 6.79. The van der Waals surface area contributed by atoms with Gasteiger partial charge in [-0.2, -0.15) is 0 Å². The Morgan fingerprint density at radius 1 is 1.24 bits per heavy atom. The van der Waals surface area contributed by atoms with Gasteiger partial charge in [0.25, 0.3) is 0 Å². The molecule has 2 nitrogen and oxygen atoms in total. The maximum Gasteiger partial charge on any atom is 0.125 e. The summed E-state index contributed by atoms with van der Waals surface area (Å²) in [5.41, 5.74) is 6.62. The van der Waals surface area contributed by atoms with Crippen molar-refractivity contribution in [3.8, 4) is 5.75 Å². The van der Waals surface area contributed by atoms with E-state index < -0.39 is 0 Å². The van der Waals surface area contributed by atoms with Crippen molar-refractivity contribution in [1.82, 2.24) is 0 Å². The van der Waals surface area contributed by atoms with Crippen molar-refractivity contribution in [2.24, 2.45) is 11.7 Å². The van der Waals surface area contributed by atoms with Crippen LogP contribution in [0.15, 0.2) is 18.2 Å². The van der Waals surface area contributed by atoms with Gasteiger partial charge in [-0.3, -0.25) is 0 Å². The van der Waals surface area contributed by atoms with Gasteiger partial charge in [0, 0.05) is 17.1 Å². The van der Waals surface area contributed by atoms with Gasteiger partial charge < -0.3 is 10.5 Å². The maximum absolute atomic E-state index is 6.09. The highest BCUT2D eigenvalue weighted by Crippen LogP contribution is 2.28. The second-order valence-corrected chi connectivity index (χ2v) is 5.14. The van der Waals surface area contributed by atoms with E-state index in [0.717, 1.165) is 17.9 Å². The van der Waals surface area contributed by atoms with Gasteiger partial charge in [-0.1, -0.05) is 36.9 Å². The lowest BCUT2D eigenvalue weighted by molar-refractivity contribution is 0.207. The molecule has 0 bridgehead atoms. The van der Waals surface area contributed by atoms with Crippen molar-refractivity contribution >= 4 is 11.6 Å². The Kier molecular flexibility index (Phi) is 4.69. The van der Waals surface area contributed by atoms with Gasteiger partial charge in [0.15, 0.2) is 0 Å². The molecular formula is C14H20ClNO. The van der Waals surface area contributed by atoms with E-state index in [1.165, 1.54) is 32.1 Å². The Hall–Kier alpha value is -0.730. The number of hydrogen-bond donors (Lipinski definition) is 1. The molecule has 0 atom stereocenters. The molecule has 2 rings (SSSR count). The fourth-order valence-electron chi connectivity index (χ4n) is 2.43. The molecule has 1 aliphatic rings. The Bertz CT molecular complexity index is 361. The van der Waals surface area contributed by atoms with Crippen molar-refractivity contribution in [1.29, 1.82) is 0 Å². The highest BCUT2D eigenvalue weighted by molar-refractivity contribution is 6.31. The molecule has 0 heterocycles. The zero-order chi connectivity index (χ0) is 12.1. The number of halogens is 1. The summed E-state index contributed by atoms with van der Waals surface area (Å²) < 4.78 is 5.88. The van der Waals surface area contributed by atoms with Gasteiger partial charge in [0.05, 0.1) is 6.61 Å². The van der Waals surface area contributed by atoms with Crippen molar-refractivity contribution in [2.75, 3.05) is 6.61 Å². The van der Waals surface area contributed by atoms with Gasteiger partial charge in [-0.25, -0.2) is 0 Å².